The van der Waals surface area contributed by atoms with E-state index in [2.05, 4.69) is 0 Å². The smallest absolute Gasteiger partial charge is 0.246 e. The summed E-state index contributed by atoms with van der Waals surface area (Å²) in [6, 6.07) is 12.4. The predicted octanol–water partition coefficient (Wildman–Crippen LogP) is 2.24. The number of anilines is 1. The van der Waals surface area contributed by atoms with E-state index in [1.165, 1.54) is 29.2 Å². The molecule has 0 aliphatic carbocycles. The molecule has 7 nitrogen and oxygen atoms in total. The van der Waals surface area contributed by atoms with Gasteiger partial charge in [0.25, 0.3) is 0 Å². The number of nitrogens with zero attached hydrogens (tertiary/aromatic N) is 3. The van der Waals surface area contributed by atoms with E-state index in [9.17, 15) is 18.2 Å². The van der Waals surface area contributed by atoms with Crippen molar-refractivity contribution in [1.29, 1.82) is 0 Å². The molecule has 1 aliphatic rings. The molecule has 9 heteroatoms. The highest BCUT2D eigenvalue weighted by Gasteiger charge is 2.28. The highest BCUT2D eigenvalue weighted by atomic mass is 32.2. The zero-order valence-electron chi connectivity index (χ0n) is 15.3. The Balaban J connectivity index is 1.43. The van der Waals surface area contributed by atoms with Gasteiger partial charge in [0.1, 0.15) is 18.9 Å². The van der Waals surface area contributed by atoms with Crippen LogP contribution in [-0.2, 0) is 27.2 Å². The third-order valence-electron chi connectivity index (χ3n) is 4.96. The topological polar surface area (TPSA) is 82.8 Å². The highest BCUT2D eigenvalue weighted by Crippen LogP contribution is 2.20. The van der Waals surface area contributed by atoms with Crippen molar-refractivity contribution in [2.45, 2.75) is 11.4 Å². The first-order valence-electron chi connectivity index (χ1n) is 8.96. The highest BCUT2D eigenvalue weighted by molar-refractivity contribution is 7.79. The van der Waals surface area contributed by atoms with Crippen molar-refractivity contribution < 1.29 is 22.7 Å². The first-order valence-corrected chi connectivity index (χ1v) is 10.1. The van der Waals surface area contributed by atoms with Gasteiger partial charge in [-0.3, -0.25) is 9.59 Å². The van der Waals surface area contributed by atoms with Crippen LogP contribution in [0.4, 0.5) is 10.1 Å². The van der Waals surface area contributed by atoms with Gasteiger partial charge < -0.3 is 18.9 Å². The molecule has 1 aliphatic heterocycles. The number of carbonyl (C=O) groups is 2. The summed E-state index contributed by atoms with van der Waals surface area (Å²) >= 11 is -2.07. The number of hydrogen-bond acceptors (Lipinski definition) is 3. The SMILES string of the molecule is O=C(Cn1ccc2cc(F)ccc21)N1CCN(c2ccc(S(=O)O)cc2)C(=O)C1. The second-order valence-corrected chi connectivity index (χ2v) is 7.72. The van der Waals surface area contributed by atoms with Gasteiger partial charge in [-0.2, -0.15) is 0 Å². The van der Waals surface area contributed by atoms with Crippen LogP contribution in [0.15, 0.2) is 59.6 Å². The summed E-state index contributed by atoms with van der Waals surface area (Å²) in [7, 11) is 0. The van der Waals surface area contributed by atoms with Crippen molar-refractivity contribution in [2.24, 2.45) is 0 Å². The second kappa shape index (κ2) is 7.76. The number of benzene rings is 2. The lowest BCUT2D eigenvalue weighted by atomic mass is 10.2. The summed E-state index contributed by atoms with van der Waals surface area (Å²) in [6.45, 7) is 0.746. The fraction of sp³-hybridized carbons (Fsp3) is 0.200. The standard InChI is InChI=1S/C20H18FN3O4S/c21-15-1-6-18-14(11-15)7-8-22(18)12-19(25)23-9-10-24(20(26)13-23)16-2-4-17(5-3-16)29(27)28/h1-8,11H,9-10,12-13H2,(H,27,28). The van der Waals surface area contributed by atoms with E-state index < -0.39 is 11.1 Å². The minimum absolute atomic E-state index is 0.0413. The Morgan fingerprint density at radius 1 is 1.10 bits per heavy atom. The van der Waals surface area contributed by atoms with Crippen LogP contribution in [0, 0.1) is 5.82 Å². The average Bonchev–Trinajstić information content (AvgIpc) is 3.09. The zero-order chi connectivity index (χ0) is 20.5. The Hall–Kier alpha value is -3.04. The van der Waals surface area contributed by atoms with Gasteiger partial charge in [0, 0.05) is 35.9 Å². The number of rotatable bonds is 4. The quantitative estimate of drug-likeness (QED) is 0.663. The van der Waals surface area contributed by atoms with E-state index >= 15 is 0 Å². The van der Waals surface area contributed by atoms with Crippen LogP contribution in [0.1, 0.15) is 0 Å². The van der Waals surface area contributed by atoms with Gasteiger partial charge in [-0.1, -0.05) is 0 Å². The maximum Gasteiger partial charge on any atom is 0.246 e. The number of hydrogen-bond donors (Lipinski definition) is 1. The van der Waals surface area contributed by atoms with Gasteiger partial charge in [-0.05, 0) is 48.5 Å². The average molecular weight is 415 g/mol. The molecule has 2 aromatic carbocycles. The van der Waals surface area contributed by atoms with Crippen molar-refractivity contribution in [3.8, 4) is 0 Å². The predicted molar refractivity (Wildman–Crippen MR) is 106 cm³/mol. The van der Waals surface area contributed by atoms with Gasteiger partial charge in [-0.15, -0.1) is 0 Å². The number of halogens is 1. The van der Waals surface area contributed by atoms with Gasteiger partial charge >= 0.3 is 0 Å². The Labute approximate surface area is 168 Å². The summed E-state index contributed by atoms with van der Waals surface area (Å²) in [4.78, 5) is 28.6. The maximum absolute atomic E-state index is 13.3. The number of piperazine rings is 1. The molecular weight excluding hydrogens is 397 g/mol. The minimum Gasteiger partial charge on any atom is -0.338 e. The summed E-state index contributed by atoms with van der Waals surface area (Å²) in [5.74, 6) is -0.741. The first-order chi connectivity index (χ1) is 13.9. The summed E-state index contributed by atoms with van der Waals surface area (Å²) in [6.07, 6.45) is 1.73. The molecule has 0 spiro atoms. The number of aromatic nitrogens is 1. The molecule has 150 valence electrons. The van der Waals surface area contributed by atoms with E-state index in [-0.39, 0.29) is 35.6 Å². The van der Waals surface area contributed by atoms with Gasteiger partial charge in [0.2, 0.25) is 11.8 Å². The van der Waals surface area contributed by atoms with Crippen LogP contribution in [0.5, 0.6) is 0 Å². The molecule has 0 saturated carbocycles. The lowest BCUT2D eigenvalue weighted by molar-refractivity contribution is -0.137. The van der Waals surface area contributed by atoms with Crippen molar-refractivity contribution in [3.05, 3.63) is 60.5 Å². The molecule has 0 bridgehead atoms. The van der Waals surface area contributed by atoms with Crippen molar-refractivity contribution in [2.75, 3.05) is 24.5 Å². The lowest BCUT2D eigenvalue weighted by Gasteiger charge is -2.34. The monoisotopic (exact) mass is 415 g/mol. The molecule has 1 atom stereocenters. The minimum atomic E-state index is -2.07. The van der Waals surface area contributed by atoms with E-state index in [0.717, 1.165) is 5.52 Å². The molecule has 3 aromatic rings. The van der Waals surface area contributed by atoms with Gasteiger partial charge in [-0.25, -0.2) is 8.60 Å². The number of fused-ring (bicyclic) bond motifs is 1. The van der Waals surface area contributed by atoms with E-state index in [4.69, 9.17) is 4.55 Å². The van der Waals surface area contributed by atoms with Crippen LogP contribution in [0.2, 0.25) is 0 Å². The van der Waals surface area contributed by atoms with Crippen LogP contribution < -0.4 is 4.90 Å². The summed E-state index contributed by atoms with van der Waals surface area (Å²) in [5.41, 5.74) is 1.38. The third-order valence-corrected chi connectivity index (χ3v) is 5.64. The fourth-order valence-corrected chi connectivity index (χ4v) is 3.83. The Kier molecular flexibility index (Phi) is 5.16. The summed E-state index contributed by atoms with van der Waals surface area (Å²) < 4.78 is 35.2. The molecule has 1 fully saturated rings. The van der Waals surface area contributed by atoms with E-state index in [1.807, 2.05) is 0 Å². The lowest BCUT2D eigenvalue weighted by Crippen LogP contribution is -2.53. The zero-order valence-corrected chi connectivity index (χ0v) is 16.1. The molecular formula is C20H18FN3O4S. The molecule has 2 amide bonds. The Morgan fingerprint density at radius 3 is 2.55 bits per heavy atom. The van der Waals surface area contributed by atoms with Crippen molar-refractivity contribution in [1.82, 2.24) is 9.47 Å². The number of carbonyl (C=O) groups excluding carboxylic acids is 2. The number of amides is 2. The van der Waals surface area contributed by atoms with Crippen molar-refractivity contribution in [3.63, 3.8) is 0 Å². The Morgan fingerprint density at radius 2 is 1.86 bits per heavy atom. The van der Waals surface area contributed by atoms with Crippen LogP contribution >= 0.6 is 0 Å². The first kappa shape index (κ1) is 19.3. The van der Waals surface area contributed by atoms with Crippen molar-refractivity contribution >= 4 is 39.5 Å². The second-order valence-electron chi connectivity index (χ2n) is 6.75. The van der Waals surface area contributed by atoms with E-state index in [1.54, 1.807) is 39.9 Å². The van der Waals surface area contributed by atoms with Gasteiger partial charge in [0.15, 0.2) is 11.1 Å². The summed E-state index contributed by atoms with van der Waals surface area (Å²) in [5, 5.41) is 0.714. The van der Waals surface area contributed by atoms with E-state index in [0.29, 0.717) is 24.2 Å². The molecule has 4 rings (SSSR count). The fourth-order valence-electron chi connectivity index (χ4n) is 3.46. The molecule has 1 saturated heterocycles. The molecule has 29 heavy (non-hydrogen) atoms. The normalized spacial score (nSPS) is 15.7. The molecule has 2 heterocycles. The Bertz CT molecular complexity index is 1110. The molecule has 1 unspecified atom stereocenters. The van der Waals surface area contributed by atoms with Gasteiger partial charge in [0.05, 0.1) is 4.90 Å². The third kappa shape index (κ3) is 3.92. The molecule has 0 radical (unpaired) electrons. The largest absolute Gasteiger partial charge is 0.338 e. The molecule has 1 N–H and O–H groups in total. The maximum atomic E-state index is 13.3. The van der Waals surface area contributed by atoms with Crippen LogP contribution in [0.25, 0.3) is 10.9 Å². The van der Waals surface area contributed by atoms with Crippen LogP contribution in [0.3, 0.4) is 0 Å². The molecule has 1 aromatic heterocycles. The van der Waals surface area contributed by atoms with Crippen LogP contribution in [-0.4, -0.2) is 49.7 Å².